The summed E-state index contributed by atoms with van der Waals surface area (Å²) in [6.07, 6.45) is 9.97. The molecule has 1 heterocycles. The van der Waals surface area contributed by atoms with Crippen LogP contribution in [0.1, 0.15) is 51.4 Å². The summed E-state index contributed by atoms with van der Waals surface area (Å²) in [7, 11) is 0. The standard InChI is InChI=1S/C13H25NOS/c14-11(9-10-5-2-1-3-6-10)13(15)12-7-4-8-16-12/h10-13,15H,1-9,14H2/t11-,12-,13+/m0/s1. The minimum atomic E-state index is -0.269. The van der Waals surface area contributed by atoms with Gasteiger partial charge in [-0.15, -0.1) is 0 Å². The molecule has 3 N–H and O–H groups in total. The molecule has 94 valence electrons. The summed E-state index contributed by atoms with van der Waals surface area (Å²) in [5.41, 5.74) is 6.16. The fraction of sp³-hybridized carbons (Fsp3) is 1.00. The summed E-state index contributed by atoms with van der Waals surface area (Å²) >= 11 is 1.91. The average Bonchev–Trinajstić information content (AvgIpc) is 2.83. The second-order valence-electron chi connectivity index (χ2n) is 5.45. The highest BCUT2D eigenvalue weighted by Crippen LogP contribution is 2.32. The van der Waals surface area contributed by atoms with Gasteiger partial charge in [-0.05, 0) is 30.9 Å². The number of nitrogens with two attached hydrogens (primary N) is 1. The van der Waals surface area contributed by atoms with E-state index < -0.39 is 0 Å². The van der Waals surface area contributed by atoms with Crippen LogP contribution < -0.4 is 5.73 Å². The highest BCUT2D eigenvalue weighted by molar-refractivity contribution is 8.00. The van der Waals surface area contributed by atoms with Crippen molar-refractivity contribution in [3.8, 4) is 0 Å². The fourth-order valence-corrected chi connectivity index (χ4v) is 4.46. The summed E-state index contributed by atoms with van der Waals surface area (Å²) in [6, 6.07) is 0.0127. The zero-order valence-corrected chi connectivity index (χ0v) is 10.9. The van der Waals surface area contributed by atoms with E-state index in [0.29, 0.717) is 5.25 Å². The highest BCUT2D eigenvalue weighted by Gasteiger charge is 2.30. The summed E-state index contributed by atoms with van der Waals surface area (Å²) in [4.78, 5) is 0. The second-order valence-corrected chi connectivity index (χ2v) is 6.79. The van der Waals surface area contributed by atoms with Crippen molar-refractivity contribution in [3.63, 3.8) is 0 Å². The predicted octanol–water partition coefficient (Wildman–Crippen LogP) is 2.54. The van der Waals surface area contributed by atoms with Gasteiger partial charge in [0.15, 0.2) is 0 Å². The van der Waals surface area contributed by atoms with E-state index in [1.807, 2.05) is 11.8 Å². The number of rotatable bonds is 4. The third kappa shape index (κ3) is 3.38. The maximum atomic E-state index is 10.2. The molecule has 0 bridgehead atoms. The van der Waals surface area contributed by atoms with E-state index >= 15 is 0 Å². The fourth-order valence-electron chi connectivity index (χ4n) is 3.09. The Morgan fingerprint density at radius 1 is 1.12 bits per heavy atom. The predicted molar refractivity (Wildman–Crippen MR) is 70.7 cm³/mol. The van der Waals surface area contributed by atoms with Gasteiger partial charge in [-0.1, -0.05) is 32.1 Å². The van der Waals surface area contributed by atoms with Crippen LogP contribution in [-0.2, 0) is 0 Å². The monoisotopic (exact) mass is 243 g/mol. The molecule has 2 nitrogen and oxygen atoms in total. The molecule has 2 rings (SSSR count). The van der Waals surface area contributed by atoms with Crippen LogP contribution in [0.15, 0.2) is 0 Å². The largest absolute Gasteiger partial charge is 0.390 e. The zero-order chi connectivity index (χ0) is 11.4. The Hall–Kier alpha value is 0.270. The lowest BCUT2D eigenvalue weighted by Crippen LogP contribution is -2.42. The molecule has 2 aliphatic rings. The van der Waals surface area contributed by atoms with Gasteiger partial charge in [-0.2, -0.15) is 11.8 Å². The Morgan fingerprint density at radius 2 is 1.88 bits per heavy atom. The molecule has 0 spiro atoms. The molecule has 3 heteroatoms. The van der Waals surface area contributed by atoms with Gasteiger partial charge in [0.1, 0.15) is 0 Å². The number of hydrogen-bond donors (Lipinski definition) is 2. The first-order valence-corrected chi connectivity index (χ1v) is 7.87. The summed E-state index contributed by atoms with van der Waals surface area (Å²) in [6.45, 7) is 0. The van der Waals surface area contributed by atoms with Crippen LogP contribution in [-0.4, -0.2) is 28.3 Å². The van der Waals surface area contributed by atoms with E-state index in [9.17, 15) is 5.11 Å². The molecule has 0 radical (unpaired) electrons. The van der Waals surface area contributed by atoms with Gasteiger partial charge in [-0.25, -0.2) is 0 Å². The lowest BCUT2D eigenvalue weighted by molar-refractivity contribution is 0.123. The number of hydrogen-bond acceptors (Lipinski definition) is 3. The van der Waals surface area contributed by atoms with Crippen LogP contribution in [0.25, 0.3) is 0 Å². The molecule has 0 aromatic heterocycles. The van der Waals surface area contributed by atoms with Crippen LogP contribution in [0.4, 0.5) is 0 Å². The quantitative estimate of drug-likeness (QED) is 0.797. The van der Waals surface area contributed by atoms with Gasteiger partial charge in [0.05, 0.1) is 6.10 Å². The Balaban J connectivity index is 1.74. The van der Waals surface area contributed by atoms with Crippen LogP contribution >= 0.6 is 11.8 Å². The maximum Gasteiger partial charge on any atom is 0.0809 e. The first-order valence-electron chi connectivity index (χ1n) is 6.82. The molecule has 0 unspecified atom stereocenters. The molecule has 0 aromatic carbocycles. The molecular formula is C13H25NOS. The van der Waals surface area contributed by atoms with Crippen LogP contribution in [0, 0.1) is 5.92 Å². The Morgan fingerprint density at radius 3 is 2.50 bits per heavy atom. The molecule has 1 saturated heterocycles. The van der Waals surface area contributed by atoms with E-state index in [-0.39, 0.29) is 12.1 Å². The average molecular weight is 243 g/mol. The highest BCUT2D eigenvalue weighted by atomic mass is 32.2. The smallest absolute Gasteiger partial charge is 0.0809 e. The minimum Gasteiger partial charge on any atom is -0.390 e. The molecule has 16 heavy (non-hydrogen) atoms. The number of aliphatic hydroxyl groups is 1. The van der Waals surface area contributed by atoms with Crippen molar-refractivity contribution in [2.24, 2.45) is 11.7 Å². The molecule has 0 amide bonds. The van der Waals surface area contributed by atoms with Gasteiger partial charge in [0, 0.05) is 11.3 Å². The number of thioether (sulfide) groups is 1. The topological polar surface area (TPSA) is 46.2 Å². The molecule has 0 aromatic rings. The zero-order valence-electron chi connectivity index (χ0n) is 10.1. The van der Waals surface area contributed by atoms with Crippen molar-refractivity contribution in [3.05, 3.63) is 0 Å². The van der Waals surface area contributed by atoms with Gasteiger partial charge >= 0.3 is 0 Å². The van der Waals surface area contributed by atoms with E-state index in [4.69, 9.17) is 5.73 Å². The van der Waals surface area contributed by atoms with Crippen molar-refractivity contribution in [2.75, 3.05) is 5.75 Å². The van der Waals surface area contributed by atoms with Crippen molar-refractivity contribution in [1.29, 1.82) is 0 Å². The minimum absolute atomic E-state index is 0.0127. The molecule has 3 atom stereocenters. The first-order chi connectivity index (χ1) is 7.77. The van der Waals surface area contributed by atoms with E-state index in [2.05, 4.69) is 0 Å². The van der Waals surface area contributed by atoms with Crippen LogP contribution in [0.5, 0.6) is 0 Å². The molecule has 1 saturated carbocycles. The Kier molecular flexibility index (Phi) is 4.98. The first kappa shape index (κ1) is 12.7. The Labute approximate surface area is 103 Å². The third-order valence-electron chi connectivity index (χ3n) is 4.11. The van der Waals surface area contributed by atoms with Gasteiger partial charge in [-0.3, -0.25) is 0 Å². The van der Waals surface area contributed by atoms with Crippen molar-refractivity contribution >= 4 is 11.8 Å². The van der Waals surface area contributed by atoms with Gasteiger partial charge < -0.3 is 10.8 Å². The lowest BCUT2D eigenvalue weighted by Gasteiger charge is -2.29. The number of aliphatic hydroxyl groups excluding tert-OH is 1. The van der Waals surface area contributed by atoms with Crippen molar-refractivity contribution < 1.29 is 5.11 Å². The van der Waals surface area contributed by atoms with Crippen molar-refractivity contribution in [2.45, 2.75) is 68.8 Å². The van der Waals surface area contributed by atoms with E-state index in [1.54, 1.807) is 0 Å². The molecule has 1 aliphatic carbocycles. The van der Waals surface area contributed by atoms with E-state index in [1.165, 1.54) is 44.3 Å². The summed E-state index contributed by atoms with van der Waals surface area (Å²) < 4.78 is 0. The Bertz CT molecular complexity index is 200. The molecular weight excluding hydrogens is 218 g/mol. The molecule has 1 aliphatic heterocycles. The normalized spacial score (nSPS) is 31.5. The lowest BCUT2D eigenvalue weighted by atomic mass is 9.83. The van der Waals surface area contributed by atoms with Crippen LogP contribution in [0.3, 0.4) is 0 Å². The van der Waals surface area contributed by atoms with Crippen molar-refractivity contribution in [1.82, 2.24) is 0 Å². The molecule has 2 fully saturated rings. The summed E-state index contributed by atoms with van der Waals surface area (Å²) in [5, 5.41) is 10.6. The van der Waals surface area contributed by atoms with Crippen LogP contribution in [0.2, 0.25) is 0 Å². The SMILES string of the molecule is N[C@@H](CC1CCCCC1)[C@@H](O)[C@@H]1CCCS1. The second kappa shape index (κ2) is 6.27. The maximum absolute atomic E-state index is 10.2. The van der Waals surface area contributed by atoms with Gasteiger partial charge in [0.2, 0.25) is 0 Å². The van der Waals surface area contributed by atoms with E-state index in [0.717, 1.165) is 18.8 Å². The third-order valence-corrected chi connectivity index (χ3v) is 5.58. The van der Waals surface area contributed by atoms with Gasteiger partial charge in [0.25, 0.3) is 0 Å². The summed E-state index contributed by atoms with van der Waals surface area (Å²) in [5.74, 6) is 1.99.